The van der Waals surface area contributed by atoms with Gasteiger partial charge in [0.1, 0.15) is 5.75 Å². The van der Waals surface area contributed by atoms with Crippen molar-refractivity contribution in [3.05, 3.63) is 122 Å². The van der Waals surface area contributed by atoms with Gasteiger partial charge in [-0.15, -0.1) is 11.3 Å². The number of halogens is 2. The van der Waals surface area contributed by atoms with Gasteiger partial charge in [0, 0.05) is 27.9 Å². The quantitative estimate of drug-likeness (QED) is 0.0987. The van der Waals surface area contributed by atoms with E-state index in [1.807, 2.05) is 79.9 Å². The molecular formula is C33H27Br2N5O3S. The van der Waals surface area contributed by atoms with Crippen LogP contribution in [0.15, 0.2) is 104 Å². The Morgan fingerprint density at radius 1 is 0.886 bits per heavy atom. The van der Waals surface area contributed by atoms with E-state index in [4.69, 9.17) is 4.74 Å². The van der Waals surface area contributed by atoms with Crippen LogP contribution in [0.1, 0.15) is 27.0 Å². The molecule has 0 unspecified atom stereocenters. The third kappa shape index (κ3) is 8.40. The predicted molar refractivity (Wildman–Crippen MR) is 184 cm³/mol. The maximum Gasteiger partial charge on any atom is 0.271 e. The van der Waals surface area contributed by atoms with Crippen molar-refractivity contribution in [2.45, 2.75) is 13.8 Å². The number of carbonyl (C=O) groups is 2. The summed E-state index contributed by atoms with van der Waals surface area (Å²) in [5, 5.41) is 13.0. The van der Waals surface area contributed by atoms with Crippen LogP contribution in [0, 0.1) is 13.8 Å². The molecule has 2 amide bonds. The minimum atomic E-state index is -0.342. The molecule has 8 nitrogen and oxygen atoms in total. The molecule has 0 aliphatic rings. The number of carbonyl (C=O) groups excluding carboxylic acids is 2. The zero-order valence-electron chi connectivity index (χ0n) is 23.7. The maximum atomic E-state index is 12.7. The van der Waals surface area contributed by atoms with Crippen molar-refractivity contribution in [3.63, 3.8) is 0 Å². The fourth-order valence-electron chi connectivity index (χ4n) is 4.01. The average molecular weight is 733 g/mol. The third-order valence-electron chi connectivity index (χ3n) is 6.33. The van der Waals surface area contributed by atoms with Gasteiger partial charge in [-0.3, -0.25) is 9.59 Å². The van der Waals surface area contributed by atoms with E-state index in [9.17, 15) is 9.59 Å². The van der Waals surface area contributed by atoms with Crippen molar-refractivity contribution < 1.29 is 14.3 Å². The van der Waals surface area contributed by atoms with Crippen LogP contribution in [-0.2, 0) is 4.79 Å². The topological polar surface area (TPSA) is 105 Å². The van der Waals surface area contributed by atoms with Crippen LogP contribution in [0.25, 0.3) is 11.3 Å². The molecule has 5 rings (SSSR count). The van der Waals surface area contributed by atoms with E-state index in [1.165, 1.54) is 23.1 Å². The SMILES string of the molecule is Cc1ccc(NC(=O)COc2c(Br)cc(/C=N/NC(=O)c3ccc(-c4csc(Nc5ccc(C)cc5)n4)cc3)cc2Br)cc1. The fraction of sp³-hybridized carbons (Fsp3) is 0.0909. The summed E-state index contributed by atoms with van der Waals surface area (Å²) < 4.78 is 6.97. The number of thiazole rings is 1. The van der Waals surface area contributed by atoms with E-state index in [2.05, 4.69) is 58.0 Å². The Labute approximate surface area is 275 Å². The number of aromatic nitrogens is 1. The van der Waals surface area contributed by atoms with Gasteiger partial charge in [-0.1, -0.05) is 47.5 Å². The van der Waals surface area contributed by atoms with Gasteiger partial charge in [0.05, 0.1) is 20.9 Å². The summed E-state index contributed by atoms with van der Waals surface area (Å²) in [5.74, 6) is -0.144. The highest BCUT2D eigenvalue weighted by Gasteiger charge is 2.12. The predicted octanol–water partition coefficient (Wildman–Crippen LogP) is 8.48. The first-order chi connectivity index (χ1) is 21.2. The Morgan fingerprint density at radius 3 is 2.14 bits per heavy atom. The van der Waals surface area contributed by atoms with Crippen LogP contribution in [0.3, 0.4) is 0 Å². The molecular weight excluding hydrogens is 706 g/mol. The molecule has 0 atom stereocenters. The molecule has 0 radical (unpaired) electrons. The highest BCUT2D eigenvalue weighted by atomic mass is 79.9. The zero-order chi connectivity index (χ0) is 31.1. The molecule has 11 heteroatoms. The smallest absolute Gasteiger partial charge is 0.271 e. The number of rotatable bonds is 10. The van der Waals surface area contributed by atoms with Crippen molar-refractivity contribution in [3.8, 4) is 17.0 Å². The van der Waals surface area contributed by atoms with E-state index in [0.717, 1.165) is 27.6 Å². The van der Waals surface area contributed by atoms with E-state index in [0.29, 0.717) is 31.5 Å². The van der Waals surface area contributed by atoms with Crippen molar-refractivity contribution >= 4 is 77.7 Å². The van der Waals surface area contributed by atoms with Crippen molar-refractivity contribution in [2.24, 2.45) is 5.10 Å². The molecule has 222 valence electrons. The second-order valence-electron chi connectivity index (χ2n) is 9.82. The molecule has 1 heterocycles. The molecule has 3 N–H and O–H groups in total. The van der Waals surface area contributed by atoms with Crippen molar-refractivity contribution in [2.75, 3.05) is 17.2 Å². The number of hydrogen-bond acceptors (Lipinski definition) is 7. The molecule has 5 aromatic rings. The minimum Gasteiger partial charge on any atom is -0.481 e. The standard InChI is InChI=1S/C33H27Br2N5O3S/c1-20-3-11-25(12-4-20)37-30(41)18-43-31-27(34)15-22(16-28(31)35)17-36-40-32(42)24-9-7-23(8-10-24)29-19-44-33(39-29)38-26-13-5-21(2)6-14-26/h3-17,19H,18H2,1-2H3,(H,37,41)(H,38,39)(H,40,42)/b36-17+. The molecule has 44 heavy (non-hydrogen) atoms. The summed E-state index contributed by atoms with van der Waals surface area (Å²) in [6.45, 7) is 3.87. The number of hydrazone groups is 1. The number of ether oxygens (including phenoxy) is 1. The lowest BCUT2D eigenvalue weighted by molar-refractivity contribution is -0.118. The highest BCUT2D eigenvalue weighted by Crippen LogP contribution is 2.34. The zero-order valence-corrected chi connectivity index (χ0v) is 27.7. The number of hydrogen-bond donors (Lipinski definition) is 3. The molecule has 0 aliphatic heterocycles. The summed E-state index contributed by atoms with van der Waals surface area (Å²) in [5.41, 5.74) is 9.44. The van der Waals surface area contributed by atoms with Gasteiger partial charge in [-0.05, 0) is 99.8 Å². The van der Waals surface area contributed by atoms with Crippen LogP contribution in [-0.4, -0.2) is 29.6 Å². The van der Waals surface area contributed by atoms with Crippen LogP contribution >= 0.6 is 43.2 Å². The van der Waals surface area contributed by atoms with Gasteiger partial charge < -0.3 is 15.4 Å². The third-order valence-corrected chi connectivity index (χ3v) is 8.27. The molecule has 0 aliphatic carbocycles. The van der Waals surface area contributed by atoms with Gasteiger partial charge in [0.25, 0.3) is 11.8 Å². The van der Waals surface area contributed by atoms with Crippen LogP contribution < -0.4 is 20.8 Å². The van der Waals surface area contributed by atoms with Gasteiger partial charge in [-0.2, -0.15) is 5.10 Å². The maximum absolute atomic E-state index is 12.7. The second-order valence-corrected chi connectivity index (χ2v) is 12.4. The number of aryl methyl sites for hydroxylation is 2. The minimum absolute atomic E-state index is 0.165. The first kappa shape index (κ1) is 31.1. The Morgan fingerprint density at radius 2 is 1.50 bits per heavy atom. The summed E-state index contributed by atoms with van der Waals surface area (Å²) in [6, 6.07) is 26.4. The van der Waals surface area contributed by atoms with E-state index < -0.39 is 0 Å². The molecule has 1 aromatic heterocycles. The number of anilines is 3. The second kappa shape index (κ2) is 14.4. The molecule has 0 fully saturated rings. The van der Waals surface area contributed by atoms with Gasteiger partial charge in [-0.25, -0.2) is 10.4 Å². The van der Waals surface area contributed by atoms with Gasteiger partial charge in [0.2, 0.25) is 0 Å². The Kier molecular flexibility index (Phi) is 10.2. The fourth-order valence-corrected chi connectivity index (χ4v) is 6.20. The van der Waals surface area contributed by atoms with Gasteiger partial charge >= 0.3 is 0 Å². The molecule has 0 spiro atoms. The van der Waals surface area contributed by atoms with Crippen molar-refractivity contribution in [1.29, 1.82) is 0 Å². The first-order valence-corrected chi connectivity index (χ1v) is 15.9. The first-order valence-electron chi connectivity index (χ1n) is 13.4. The van der Waals surface area contributed by atoms with Crippen LogP contribution in [0.4, 0.5) is 16.5 Å². The van der Waals surface area contributed by atoms with Gasteiger partial charge in [0.15, 0.2) is 11.7 Å². The monoisotopic (exact) mass is 731 g/mol. The van der Waals surface area contributed by atoms with Crippen molar-refractivity contribution in [1.82, 2.24) is 10.4 Å². The highest BCUT2D eigenvalue weighted by molar-refractivity contribution is 9.11. The summed E-state index contributed by atoms with van der Waals surface area (Å²) in [4.78, 5) is 29.6. The largest absolute Gasteiger partial charge is 0.481 e. The Hall–Kier alpha value is -4.32. The van der Waals surface area contributed by atoms with E-state index >= 15 is 0 Å². The molecule has 0 saturated carbocycles. The Bertz CT molecular complexity index is 1780. The van der Waals surface area contributed by atoms with Crippen LogP contribution in [0.5, 0.6) is 5.75 Å². The van der Waals surface area contributed by atoms with E-state index in [1.54, 1.807) is 24.3 Å². The summed E-state index contributed by atoms with van der Waals surface area (Å²) in [7, 11) is 0. The number of nitrogens with one attached hydrogen (secondary N) is 3. The lowest BCUT2D eigenvalue weighted by Gasteiger charge is -2.11. The number of amides is 2. The lowest BCUT2D eigenvalue weighted by Crippen LogP contribution is -2.20. The number of nitrogens with zero attached hydrogens (tertiary/aromatic N) is 2. The normalized spacial score (nSPS) is 10.9. The van der Waals surface area contributed by atoms with Crippen LogP contribution in [0.2, 0.25) is 0 Å². The average Bonchev–Trinajstić information content (AvgIpc) is 3.47. The van der Waals surface area contributed by atoms with E-state index in [-0.39, 0.29) is 18.4 Å². The summed E-state index contributed by atoms with van der Waals surface area (Å²) in [6.07, 6.45) is 1.52. The summed E-state index contributed by atoms with van der Waals surface area (Å²) >= 11 is 8.48. The number of benzene rings is 4. The molecule has 0 saturated heterocycles. The lowest BCUT2D eigenvalue weighted by atomic mass is 10.1. The molecule has 4 aromatic carbocycles. The molecule has 0 bridgehead atoms. The Balaban J connectivity index is 1.13.